The third kappa shape index (κ3) is 3.18. The van der Waals surface area contributed by atoms with E-state index in [1.54, 1.807) is 6.08 Å². The van der Waals surface area contributed by atoms with Crippen molar-refractivity contribution in [3.8, 4) is 0 Å². The number of imide groups is 2. The van der Waals surface area contributed by atoms with E-state index in [2.05, 4.69) is 6.58 Å². The first kappa shape index (κ1) is 16.6. The van der Waals surface area contributed by atoms with Crippen LogP contribution in [0.15, 0.2) is 48.7 Å². The second-order valence-electron chi connectivity index (χ2n) is 5.88. The molecule has 0 aliphatic carbocycles. The molecule has 8 heteroatoms. The molecule has 3 heterocycles. The van der Waals surface area contributed by atoms with Gasteiger partial charge in [0.1, 0.15) is 0 Å². The van der Waals surface area contributed by atoms with E-state index in [4.69, 9.17) is 0 Å². The summed E-state index contributed by atoms with van der Waals surface area (Å²) in [6, 6.07) is 0. The van der Waals surface area contributed by atoms with Crippen LogP contribution in [0.4, 0.5) is 0 Å². The van der Waals surface area contributed by atoms with E-state index < -0.39 is 29.5 Å². The van der Waals surface area contributed by atoms with Gasteiger partial charge < -0.3 is 4.90 Å². The molecule has 0 radical (unpaired) electrons. The maximum Gasteiger partial charge on any atom is 0.253 e. The van der Waals surface area contributed by atoms with Crippen LogP contribution < -0.4 is 0 Å². The molecule has 0 saturated heterocycles. The van der Waals surface area contributed by atoms with Crippen molar-refractivity contribution < 1.29 is 24.0 Å². The average molecular weight is 341 g/mol. The molecule has 3 aliphatic rings. The van der Waals surface area contributed by atoms with Gasteiger partial charge in [-0.1, -0.05) is 6.58 Å². The molecule has 0 aromatic carbocycles. The molecule has 0 atom stereocenters. The topological polar surface area (TPSA) is 95.1 Å². The molecule has 3 aliphatic heterocycles. The highest BCUT2D eigenvalue weighted by molar-refractivity contribution is 6.13. The van der Waals surface area contributed by atoms with E-state index >= 15 is 0 Å². The predicted octanol–water partition coefficient (Wildman–Crippen LogP) is -0.635. The van der Waals surface area contributed by atoms with Gasteiger partial charge in [0.15, 0.2) is 0 Å². The van der Waals surface area contributed by atoms with Crippen molar-refractivity contribution in [3.63, 3.8) is 0 Å². The van der Waals surface area contributed by atoms with Crippen molar-refractivity contribution in [1.29, 1.82) is 0 Å². The van der Waals surface area contributed by atoms with Gasteiger partial charge in [-0.05, 0) is 6.08 Å². The molecule has 0 N–H and O–H groups in total. The van der Waals surface area contributed by atoms with Gasteiger partial charge in [0, 0.05) is 61.6 Å². The first-order valence-electron chi connectivity index (χ1n) is 7.62. The quantitative estimate of drug-likeness (QED) is 0.599. The largest absolute Gasteiger partial charge is 0.309 e. The highest BCUT2D eigenvalue weighted by Gasteiger charge is 2.33. The number of rotatable bonds is 6. The van der Waals surface area contributed by atoms with E-state index in [1.807, 2.05) is 0 Å². The first-order chi connectivity index (χ1) is 11.9. The number of carbonyl (C=O) groups is 5. The molecule has 5 amide bonds. The van der Waals surface area contributed by atoms with Crippen LogP contribution in [0.2, 0.25) is 0 Å². The fourth-order valence-corrected chi connectivity index (χ4v) is 2.87. The Hall–Kier alpha value is -3.29. The summed E-state index contributed by atoms with van der Waals surface area (Å²) in [5, 5.41) is 0. The number of allylic oxidation sites excluding steroid dienone is 1. The molecule has 8 nitrogen and oxygen atoms in total. The maximum atomic E-state index is 11.9. The van der Waals surface area contributed by atoms with E-state index in [-0.39, 0.29) is 25.5 Å². The number of carbonyl (C=O) groups excluding carboxylic acids is 5. The Morgan fingerprint density at radius 1 is 0.600 bits per heavy atom. The number of hydrogen-bond donors (Lipinski definition) is 0. The summed E-state index contributed by atoms with van der Waals surface area (Å²) in [6.45, 7) is 3.85. The Morgan fingerprint density at radius 2 is 0.920 bits per heavy atom. The fraction of sp³-hybridized carbons (Fsp3) is 0.235. The van der Waals surface area contributed by atoms with Crippen LogP contribution in [0.1, 0.15) is 0 Å². The zero-order chi connectivity index (χ0) is 18.1. The summed E-state index contributed by atoms with van der Waals surface area (Å²) in [7, 11) is 0. The lowest BCUT2D eigenvalue weighted by molar-refractivity contribution is -0.138. The molecule has 0 saturated carbocycles. The monoisotopic (exact) mass is 341 g/mol. The van der Waals surface area contributed by atoms with E-state index in [0.29, 0.717) is 5.70 Å². The van der Waals surface area contributed by atoms with Gasteiger partial charge in [-0.25, -0.2) is 0 Å². The normalized spacial score (nSPS) is 19.8. The Balaban J connectivity index is 1.76. The number of hydrogen-bond acceptors (Lipinski definition) is 5. The lowest BCUT2D eigenvalue weighted by Crippen LogP contribution is -2.46. The van der Waals surface area contributed by atoms with E-state index in [0.717, 1.165) is 34.1 Å². The third-order valence-electron chi connectivity index (χ3n) is 4.15. The summed E-state index contributed by atoms with van der Waals surface area (Å²) < 4.78 is 0. The van der Waals surface area contributed by atoms with Crippen LogP contribution in [-0.2, 0) is 24.0 Å². The van der Waals surface area contributed by atoms with Crippen molar-refractivity contribution in [2.45, 2.75) is 0 Å². The summed E-state index contributed by atoms with van der Waals surface area (Å²) in [4.78, 5) is 62.6. The SMILES string of the molecule is C=C1C=CC(=O)N1CC(CN1C(=O)C=CC1=O)CN1C(=O)C=CC1=O. The molecule has 0 bridgehead atoms. The minimum Gasteiger partial charge on any atom is -0.309 e. The molecule has 0 spiro atoms. The van der Waals surface area contributed by atoms with Crippen LogP contribution in [-0.4, -0.2) is 63.9 Å². The lowest BCUT2D eigenvalue weighted by Gasteiger charge is -2.29. The highest BCUT2D eigenvalue weighted by atomic mass is 16.2. The van der Waals surface area contributed by atoms with Gasteiger partial charge in [-0.15, -0.1) is 0 Å². The average Bonchev–Trinajstić information content (AvgIpc) is 3.17. The molecule has 0 fully saturated rings. The fourth-order valence-electron chi connectivity index (χ4n) is 2.87. The van der Waals surface area contributed by atoms with Gasteiger partial charge in [0.2, 0.25) is 0 Å². The standard InChI is InChI=1S/C17H15N3O5/c1-11-2-3-13(21)18(11)8-12(9-19-14(22)4-5-15(19)23)10-20-16(24)6-7-17(20)25/h2-7,12H,1,8-10H2. The molecule has 0 aromatic rings. The Kier molecular flexibility index (Phi) is 4.18. The summed E-state index contributed by atoms with van der Waals surface area (Å²) in [6.07, 6.45) is 7.56. The predicted molar refractivity (Wildman–Crippen MR) is 85.2 cm³/mol. The molecule has 25 heavy (non-hydrogen) atoms. The van der Waals surface area contributed by atoms with Crippen molar-refractivity contribution in [2.24, 2.45) is 5.92 Å². The van der Waals surface area contributed by atoms with Gasteiger partial charge >= 0.3 is 0 Å². The minimum atomic E-state index is -0.499. The molecule has 0 unspecified atom stereocenters. The molecule has 0 aromatic heterocycles. The van der Waals surface area contributed by atoms with Crippen molar-refractivity contribution in [1.82, 2.24) is 14.7 Å². The molecular formula is C17H15N3O5. The zero-order valence-electron chi connectivity index (χ0n) is 13.3. The second kappa shape index (κ2) is 6.31. The van der Waals surface area contributed by atoms with Crippen LogP contribution in [0.5, 0.6) is 0 Å². The summed E-state index contributed by atoms with van der Waals surface area (Å²) in [5.41, 5.74) is 0.476. The van der Waals surface area contributed by atoms with Gasteiger partial charge in [0.25, 0.3) is 29.5 Å². The summed E-state index contributed by atoms with van der Waals surface area (Å²) in [5.74, 6) is -2.62. The summed E-state index contributed by atoms with van der Waals surface area (Å²) >= 11 is 0. The highest BCUT2D eigenvalue weighted by Crippen LogP contribution is 2.19. The van der Waals surface area contributed by atoms with Crippen LogP contribution in [0.25, 0.3) is 0 Å². The minimum absolute atomic E-state index is 0.0151. The van der Waals surface area contributed by atoms with Crippen LogP contribution in [0, 0.1) is 5.92 Å². The van der Waals surface area contributed by atoms with Gasteiger partial charge in [-0.2, -0.15) is 0 Å². The first-order valence-corrected chi connectivity index (χ1v) is 7.62. The van der Waals surface area contributed by atoms with Crippen molar-refractivity contribution in [3.05, 3.63) is 48.7 Å². The second-order valence-corrected chi connectivity index (χ2v) is 5.88. The number of nitrogens with zero attached hydrogens (tertiary/aromatic N) is 3. The maximum absolute atomic E-state index is 11.9. The Labute approximate surface area is 143 Å². The molecule has 3 rings (SSSR count). The third-order valence-corrected chi connectivity index (χ3v) is 4.15. The zero-order valence-corrected chi connectivity index (χ0v) is 13.3. The molecule has 128 valence electrons. The van der Waals surface area contributed by atoms with Crippen molar-refractivity contribution >= 4 is 29.5 Å². The molecular weight excluding hydrogens is 326 g/mol. The van der Waals surface area contributed by atoms with Crippen LogP contribution >= 0.6 is 0 Å². The van der Waals surface area contributed by atoms with E-state index in [1.165, 1.54) is 11.0 Å². The van der Waals surface area contributed by atoms with Crippen molar-refractivity contribution in [2.75, 3.05) is 19.6 Å². The Bertz CT molecular complexity index is 633. The van der Waals surface area contributed by atoms with Crippen LogP contribution in [0.3, 0.4) is 0 Å². The van der Waals surface area contributed by atoms with Gasteiger partial charge in [-0.3, -0.25) is 33.8 Å². The number of amides is 5. The van der Waals surface area contributed by atoms with Gasteiger partial charge in [0.05, 0.1) is 0 Å². The Morgan fingerprint density at radius 3 is 1.28 bits per heavy atom. The smallest absolute Gasteiger partial charge is 0.253 e. The van der Waals surface area contributed by atoms with E-state index in [9.17, 15) is 24.0 Å². The lowest BCUT2D eigenvalue weighted by atomic mass is 10.1.